The highest BCUT2D eigenvalue weighted by molar-refractivity contribution is 6.29. The largest absolute Gasteiger partial charge is 0.504 e. The molecule has 56 heavy (non-hydrogen) atoms. The second kappa shape index (κ2) is 14.9. The molecule has 4 rings (SSSR count). The van der Waals surface area contributed by atoms with Crippen molar-refractivity contribution < 1.29 is 111 Å². The van der Waals surface area contributed by atoms with Crippen molar-refractivity contribution >= 4 is 23.3 Å². The van der Waals surface area contributed by atoms with Crippen LogP contribution in [-0.4, -0.2) is 146 Å². The number of carbonyl (C=O) groups is 4. The first-order valence-corrected chi connectivity index (χ1v) is 15.2. The van der Waals surface area contributed by atoms with Crippen molar-refractivity contribution in [3.8, 4) is 69.0 Å². The van der Waals surface area contributed by atoms with Gasteiger partial charge >= 0.3 is 5.97 Å². The predicted molar refractivity (Wildman–Crippen MR) is 177 cm³/mol. The van der Waals surface area contributed by atoms with E-state index in [0.29, 0.717) is 12.1 Å². The Morgan fingerprint density at radius 2 is 0.750 bits per heavy atom. The minimum Gasteiger partial charge on any atom is -0.504 e. The van der Waals surface area contributed by atoms with E-state index < -0.39 is 151 Å². The summed E-state index contributed by atoms with van der Waals surface area (Å²) in [5.41, 5.74) is -14.8. The van der Waals surface area contributed by atoms with Gasteiger partial charge in [-0.25, -0.2) is 4.79 Å². The number of aliphatic hydroxyl groups excluding tert-OH is 4. The zero-order valence-electron chi connectivity index (χ0n) is 27.7. The van der Waals surface area contributed by atoms with E-state index in [4.69, 9.17) is 4.74 Å². The highest BCUT2D eigenvalue weighted by Gasteiger charge is 2.72. The van der Waals surface area contributed by atoms with Crippen LogP contribution in [0.3, 0.4) is 0 Å². The van der Waals surface area contributed by atoms with E-state index >= 15 is 0 Å². The molecule has 0 fully saturated rings. The summed E-state index contributed by atoms with van der Waals surface area (Å²) in [6.07, 6.45) is -9.42. The van der Waals surface area contributed by atoms with Gasteiger partial charge in [0.25, 0.3) is 5.60 Å². The first-order valence-electron chi connectivity index (χ1n) is 15.2. The van der Waals surface area contributed by atoms with Gasteiger partial charge in [-0.15, -0.1) is 0 Å². The summed E-state index contributed by atoms with van der Waals surface area (Å²) in [7, 11) is 0. The van der Waals surface area contributed by atoms with E-state index in [0.717, 1.165) is 0 Å². The van der Waals surface area contributed by atoms with E-state index in [9.17, 15) is 106 Å². The molecule has 22 heteroatoms. The SMILES string of the molecule is O=C(OC(C(=O)c1cc(O)c(O)c(O)c1)(C(=O)c1cc(O)c(O)c(O)c1)[C@@](O)(C(=O)c1cc(O)c(O)c(O)c1)[C@@H](O)[C@H](O)[C@H](O)CO)c1cc(O)c(O)c(O)c1. The van der Waals surface area contributed by atoms with Gasteiger partial charge in [0.2, 0.25) is 23.0 Å². The number of aliphatic hydroxyl groups is 5. The number of carbonyl (C=O) groups excluding carboxylic acids is 4. The molecule has 22 nitrogen and oxygen atoms in total. The standard InChI is InChI=1S/C34H30O22/c35-9-22(44)27(49)31(53)33(55,28(50)10-1-14(36)23(45)15(37)2-10)34(29(51)11-3-16(38)24(46)17(39)4-11,30(52)12-5-18(40)25(47)19(41)6-12)56-32(54)13-7-20(42)26(48)21(43)8-13/h1-8,22,27,31,35-49,53,55H,9H2/t22-,27-,31+,33-/m1/s1. The lowest BCUT2D eigenvalue weighted by Crippen LogP contribution is -2.76. The Bertz CT molecular complexity index is 2100. The van der Waals surface area contributed by atoms with Crippen LogP contribution in [0.1, 0.15) is 41.4 Å². The molecule has 0 amide bonds. The van der Waals surface area contributed by atoms with Crippen molar-refractivity contribution in [2.24, 2.45) is 0 Å². The molecule has 0 radical (unpaired) electrons. The number of phenols is 12. The van der Waals surface area contributed by atoms with Crippen LogP contribution in [0.15, 0.2) is 48.5 Å². The molecule has 0 aliphatic carbocycles. The van der Waals surface area contributed by atoms with Crippen LogP contribution >= 0.6 is 0 Å². The lowest BCUT2D eigenvalue weighted by molar-refractivity contribution is -0.182. The zero-order valence-corrected chi connectivity index (χ0v) is 27.7. The van der Waals surface area contributed by atoms with Crippen molar-refractivity contribution in [2.45, 2.75) is 29.5 Å². The van der Waals surface area contributed by atoms with Crippen LogP contribution in [0, 0.1) is 0 Å². The monoisotopic (exact) mass is 790 g/mol. The lowest BCUT2D eigenvalue weighted by Gasteiger charge is -2.46. The van der Waals surface area contributed by atoms with Gasteiger partial charge in [0.15, 0.2) is 69.0 Å². The van der Waals surface area contributed by atoms with Crippen molar-refractivity contribution in [1.82, 2.24) is 0 Å². The van der Waals surface area contributed by atoms with Crippen LogP contribution < -0.4 is 0 Å². The third kappa shape index (κ3) is 6.71. The van der Waals surface area contributed by atoms with E-state index in [-0.39, 0.29) is 36.4 Å². The highest BCUT2D eigenvalue weighted by atomic mass is 16.6. The second-order valence-electron chi connectivity index (χ2n) is 12.0. The summed E-state index contributed by atoms with van der Waals surface area (Å²) >= 11 is 0. The van der Waals surface area contributed by atoms with Gasteiger partial charge in [-0.2, -0.15) is 0 Å². The molecule has 17 N–H and O–H groups in total. The minimum atomic E-state index is -4.80. The van der Waals surface area contributed by atoms with Crippen molar-refractivity contribution in [2.75, 3.05) is 6.61 Å². The van der Waals surface area contributed by atoms with Crippen molar-refractivity contribution in [3.05, 3.63) is 70.8 Å². The van der Waals surface area contributed by atoms with Gasteiger partial charge in [0.1, 0.15) is 18.3 Å². The fourth-order valence-electron chi connectivity index (χ4n) is 5.44. The average molecular weight is 791 g/mol. The third-order valence-corrected chi connectivity index (χ3v) is 8.40. The van der Waals surface area contributed by atoms with E-state index in [2.05, 4.69) is 0 Å². The average Bonchev–Trinajstić information content (AvgIpc) is 3.15. The van der Waals surface area contributed by atoms with Crippen molar-refractivity contribution in [1.29, 1.82) is 0 Å². The first kappa shape index (κ1) is 41.5. The number of Topliss-reactive ketones (excluding diaryl/α,β-unsaturated/α-hetero) is 3. The summed E-state index contributed by atoms with van der Waals surface area (Å²) in [6, 6.07) is 1.81. The Hall–Kier alpha value is -7.24. The number of rotatable bonds is 13. The smallest absolute Gasteiger partial charge is 0.340 e. The van der Waals surface area contributed by atoms with Gasteiger partial charge in [0.05, 0.1) is 12.2 Å². The molecule has 4 aromatic rings. The topological polar surface area (TPSA) is 421 Å². The normalized spacial score (nSPS) is 14.2. The van der Waals surface area contributed by atoms with Crippen LogP contribution in [0.4, 0.5) is 0 Å². The Morgan fingerprint density at radius 1 is 0.482 bits per heavy atom. The van der Waals surface area contributed by atoms with Gasteiger partial charge in [-0.1, -0.05) is 0 Å². The van der Waals surface area contributed by atoms with Gasteiger partial charge in [-0.05, 0) is 48.5 Å². The van der Waals surface area contributed by atoms with E-state index in [1.54, 1.807) is 0 Å². The van der Waals surface area contributed by atoms with E-state index in [1.165, 1.54) is 0 Å². The van der Waals surface area contributed by atoms with Crippen molar-refractivity contribution in [3.63, 3.8) is 0 Å². The zero-order chi connectivity index (χ0) is 42.4. The summed E-state index contributed by atoms with van der Waals surface area (Å²) in [5, 5.41) is 177. The Morgan fingerprint density at radius 3 is 1.04 bits per heavy atom. The number of aromatic hydroxyl groups is 12. The van der Waals surface area contributed by atoms with E-state index in [1.807, 2.05) is 0 Å². The summed E-state index contributed by atoms with van der Waals surface area (Å²) < 4.78 is 5.25. The van der Waals surface area contributed by atoms with Gasteiger partial charge in [0, 0.05) is 16.7 Å². The number of hydrogen-bond acceptors (Lipinski definition) is 22. The molecular weight excluding hydrogens is 760 g/mol. The fourth-order valence-corrected chi connectivity index (χ4v) is 5.44. The number of esters is 1. The molecule has 0 heterocycles. The van der Waals surface area contributed by atoms with Gasteiger partial charge < -0.3 is 91.5 Å². The molecule has 0 bridgehead atoms. The van der Waals surface area contributed by atoms with Crippen LogP contribution in [-0.2, 0) is 4.74 Å². The van der Waals surface area contributed by atoms with Crippen LogP contribution in [0.2, 0.25) is 0 Å². The number of ether oxygens (including phenoxy) is 1. The Kier molecular flexibility index (Phi) is 11.0. The lowest BCUT2D eigenvalue weighted by atomic mass is 9.65. The molecule has 0 aromatic heterocycles. The molecule has 4 atom stereocenters. The highest BCUT2D eigenvalue weighted by Crippen LogP contribution is 2.47. The van der Waals surface area contributed by atoms with Gasteiger partial charge in [-0.3, -0.25) is 14.4 Å². The molecule has 0 saturated heterocycles. The number of phenolic OH excluding ortho intramolecular Hbond substituents is 12. The molecule has 0 saturated carbocycles. The molecule has 4 aromatic carbocycles. The molecular formula is C34H30O22. The van der Waals surface area contributed by atoms with Crippen LogP contribution in [0.25, 0.3) is 0 Å². The second-order valence-corrected chi connectivity index (χ2v) is 12.0. The predicted octanol–water partition coefficient (Wildman–Crippen LogP) is -1.50. The number of ketones is 3. The maximum atomic E-state index is 15.0. The van der Waals surface area contributed by atoms with Crippen LogP contribution in [0.5, 0.6) is 69.0 Å². The fraction of sp³-hybridized carbons (Fsp3) is 0.176. The summed E-state index contributed by atoms with van der Waals surface area (Å²) in [5.74, 6) is -25.7. The minimum absolute atomic E-state index is 0.200. The Labute approximate surface area is 310 Å². The molecule has 0 unspecified atom stereocenters. The first-order chi connectivity index (χ1) is 26.0. The summed E-state index contributed by atoms with van der Waals surface area (Å²) in [6.45, 7) is -1.54. The number of benzene rings is 4. The molecule has 0 spiro atoms. The molecule has 0 aliphatic heterocycles. The maximum absolute atomic E-state index is 15.0. The third-order valence-electron chi connectivity index (χ3n) is 8.40. The maximum Gasteiger partial charge on any atom is 0.340 e. The molecule has 0 aliphatic rings. The quantitative estimate of drug-likeness (QED) is 0.0317. The Balaban J connectivity index is 2.32. The summed E-state index contributed by atoms with van der Waals surface area (Å²) in [4.78, 5) is 58.5. The molecule has 298 valence electrons. The number of hydrogen-bond donors (Lipinski definition) is 17.